The number of esters is 1. The highest BCUT2D eigenvalue weighted by Crippen LogP contribution is 2.33. The summed E-state index contributed by atoms with van der Waals surface area (Å²) in [5.41, 5.74) is -0.116. The maximum Gasteiger partial charge on any atom is 0.387 e. The van der Waals surface area contributed by atoms with Crippen molar-refractivity contribution in [2.75, 3.05) is 39.2 Å². The van der Waals surface area contributed by atoms with E-state index < -0.39 is 18.5 Å². The molecule has 10 heteroatoms. The van der Waals surface area contributed by atoms with Gasteiger partial charge < -0.3 is 29.5 Å². The molecule has 0 fully saturated rings. The molecule has 0 saturated carbocycles. The van der Waals surface area contributed by atoms with E-state index in [4.69, 9.17) is 9.84 Å². The van der Waals surface area contributed by atoms with Crippen LogP contribution in [0.2, 0.25) is 0 Å². The number of amides is 1. The molecule has 2 rings (SSSR count). The Bertz CT molecular complexity index is 723. The van der Waals surface area contributed by atoms with E-state index in [0.29, 0.717) is 5.75 Å². The summed E-state index contributed by atoms with van der Waals surface area (Å²) in [6.45, 7) is -3.46. The average molecular weight is 372 g/mol. The van der Waals surface area contributed by atoms with Gasteiger partial charge in [-0.05, 0) is 12.1 Å². The molecule has 0 radical (unpaired) electrons. The van der Waals surface area contributed by atoms with Crippen molar-refractivity contribution in [2.45, 2.75) is 6.61 Å². The van der Waals surface area contributed by atoms with Crippen molar-refractivity contribution in [1.29, 1.82) is 0 Å². The van der Waals surface area contributed by atoms with Gasteiger partial charge in [0.15, 0.2) is 0 Å². The highest BCUT2D eigenvalue weighted by Gasteiger charge is 2.35. The summed E-state index contributed by atoms with van der Waals surface area (Å²) < 4.78 is 39.4. The first-order valence-corrected chi connectivity index (χ1v) is 7.52. The number of anilines is 1. The van der Waals surface area contributed by atoms with E-state index in [-0.39, 0.29) is 42.4 Å². The lowest BCUT2D eigenvalue weighted by atomic mass is 10.2. The zero-order chi connectivity index (χ0) is 19.3. The Morgan fingerprint density at radius 3 is 2.69 bits per heavy atom. The quantitative estimate of drug-likeness (QED) is 0.656. The summed E-state index contributed by atoms with van der Waals surface area (Å²) >= 11 is 0. The van der Waals surface area contributed by atoms with E-state index in [1.54, 1.807) is 0 Å². The number of β-amino-alcohol motifs (C(OH)–C–C–N with tert-alkyl or cyclic N) is 1. The second-order valence-electron chi connectivity index (χ2n) is 5.16. The number of rotatable bonds is 8. The Balaban J connectivity index is 2.42. The maximum atomic E-state index is 12.6. The number of carbonyl (C=O) groups is 2. The maximum absolute atomic E-state index is 12.6. The lowest BCUT2D eigenvalue weighted by molar-refractivity contribution is -0.136. The van der Waals surface area contributed by atoms with Crippen LogP contribution >= 0.6 is 0 Å². The summed E-state index contributed by atoms with van der Waals surface area (Å²) in [5.74, 6) is -1.23. The van der Waals surface area contributed by atoms with Crippen molar-refractivity contribution in [1.82, 2.24) is 4.90 Å². The predicted molar refractivity (Wildman–Crippen MR) is 86.0 cm³/mol. The first-order valence-electron chi connectivity index (χ1n) is 7.52. The number of methoxy groups -OCH3 is 2. The van der Waals surface area contributed by atoms with Gasteiger partial charge in [0.05, 0.1) is 38.6 Å². The van der Waals surface area contributed by atoms with E-state index in [0.717, 1.165) is 7.11 Å². The minimum Gasteiger partial charge on any atom is -0.497 e. The molecule has 0 spiro atoms. The van der Waals surface area contributed by atoms with Crippen LogP contribution in [0, 0.1) is 0 Å². The van der Waals surface area contributed by atoms with Crippen LogP contribution in [-0.2, 0) is 14.3 Å². The second-order valence-corrected chi connectivity index (χ2v) is 5.16. The van der Waals surface area contributed by atoms with Crippen LogP contribution in [0.25, 0.3) is 0 Å². The van der Waals surface area contributed by atoms with Crippen LogP contribution in [0.5, 0.6) is 11.5 Å². The molecule has 1 aliphatic heterocycles. The van der Waals surface area contributed by atoms with E-state index >= 15 is 0 Å². The lowest BCUT2D eigenvalue weighted by Crippen LogP contribution is -2.31. The SMILES string of the molecule is COC(=O)C1=C(Nc2cc(OC)ccc2OC(F)F)C(=O)N(CCO)C1. The summed E-state index contributed by atoms with van der Waals surface area (Å²) in [7, 11) is 2.54. The fraction of sp³-hybridized carbons (Fsp3) is 0.375. The smallest absolute Gasteiger partial charge is 0.387 e. The fourth-order valence-electron chi connectivity index (χ4n) is 2.42. The van der Waals surface area contributed by atoms with Crippen LogP contribution in [0.3, 0.4) is 0 Å². The summed E-state index contributed by atoms with van der Waals surface area (Å²) in [4.78, 5) is 25.7. The third-order valence-electron chi connectivity index (χ3n) is 3.62. The number of ether oxygens (including phenoxy) is 3. The van der Waals surface area contributed by atoms with Gasteiger partial charge >= 0.3 is 12.6 Å². The number of halogens is 2. The zero-order valence-corrected chi connectivity index (χ0v) is 14.1. The van der Waals surface area contributed by atoms with Gasteiger partial charge in [-0.25, -0.2) is 4.79 Å². The van der Waals surface area contributed by atoms with Gasteiger partial charge in [0, 0.05) is 12.6 Å². The number of nitrogens with zero attached hydrogens (tertiary/aromatic N) is 1. The van der Waals surface area contributed by atoms with Gasteiger partial charge in [0.2, 0.25) is 0 Å². The summed E-state index contributed by atoms with van der Waals surface area (Å²) in [6, 6.07) is 4.01. The molecule has 1 aromatic rings. The van der Waals surface area contributed by atoms with Crippen LogP contribution in [0.1, 0.15) is 0 Å². The van der Waals surface area contributed by atoms with Crippen molar-refractivity contribution >= 4 is 17.6 Å². The van der Waals surface area contributed by atoms with Gasteiger partial charge in [-0.15, -0.1) is 0 Å². The molecule has 1 amide bonds. The molecule has 142 valence electrons. The molecule has 26 heavy (non-hydrogen) atoms. The first-order chi connectivity index (χ1) is 12.4. The lowest BCUT2D eigenvalue weighted by Gasteiger charge is -2.16. The van der Waals surface area contributed by atoms with Crippen molar-refractivity contribution < 1.29 is 37.7 Å². The monoisotopic (exact) mass is 372 g/mol. The highest BCUT2D eigenvalue weighted by atomic mass is 19.3. The molecule has 1 aromatic carbocycles. The molecule has 2 N–H and O–H groups in total. The third kappa shape index (κ3) is 4.20. The van der Waals surface area contributed by atoms with Crippen molar-refractivity contribution in [3.8, 4) is 11.5 Å². The third-order valence-corrected chi connectivity index (χ3v) is 3.62. The minimum absolute atomic E-state index is 0.00299. The Hall–Kier alpha value is -2.88. The standard InChI is InChI=1S/C16H18F2N2O6/c1-24-9-3-4-12(26-16(17)18)11(7-9)19-13-10(15(23)25-2)8-20(5-6-21)14(13)22/h3-4,7,16,19,21H,5-6,8H2,1-2H3. The molecule has 0 aromatic heterocycles. The number of hydrogen-bond donors (Lipinski definition) is 2. The molecule has 1 heterocycles. The van der Waals surface area contributed by atoms with Crippen molar-refractivity contribution in [2.24, 2.45) is 0 Å². The Kier molecular flexibility index (Phi) is 6.34. The van der Waals surface area contributed by atoms with E-state index in [1.165, 1.54) is 30.2 Å². The van der Waals surface area contributed by atoms with Crippen LogP contribution in [0.4, 0.5) is 14.5 Å². The number of alkyl halides is 2. The molecule has 1 aliphatic rings. The fourth-order valence-corrected chi connectivity index (χ4v) is 2.42. The highest BCUT2D eigenvalue weighted by molar-refractivity contribution is 6.08. The Morgan fingerprint density at radius 2 is 2.12 bits per heavy atom. The van der Waals surface area contributed by atoms with Gasteiger partial charge in [-0.2, -0.15) is 8.78 Å². The van der Waals surface area contributed by atoms with E-state index in [1.807, 2.05) is 0 Å². The van der Waals surface area contributed by atoms with Crippen molar-refractivity contribution in [3.63, 3.8) is 0 Å². The van der Waals surface area contributed by atoms with Crippen LogP contribution in [-0.4, -0.2) is 62.4 Å². The average Bonchev–Trinajstić information content (AvgIpc) is 2.92. The second kappa shape index (κ2) is 8.48. The minimum atomic E-state index is -3.08. The number of hydrogen-bond acceptors (Lipinski definition) is 7. The molecule has 0 saturated heterocycles. The first kappa shape index (κ1) is 19.4. The topological polar surface area (TPSA) is 97.3 Å². The molecule has 8 nitrogen and oxygen atoms in total. The number of benzene rings is 1. The Labute approximate surface area is 147 Å². The number of aliphatic hydroxyl groups is 1. The van der Waals surface area contributed by atoms with E-state index in [9.17, 15) is 18.4 Å². The molecular formula is C16H18F2N2O6. The Morgan fingerprint density at radius 1 is 1.38 bits per heavy atom. The van der Waals surface area contributed by atoms with Gasteiger partial charge in [0.1, 0.15) is 17.2 Å². The number of aliphatic hydroxyl groups excluding tert-OH is 1. The normalized spacial score (nSPS) is 14.1. The molecule has 0 unspecified atom stereocenters. The summed E-state index contributed by atoms with van der Waals surface area (Å²) in [6.07, 6.45) is 0. The number of carbonyl (C=O) groups excluding carboxylic acids is 2. The predicted octanol–water partition coefficient (Wildman–Crippen LogP) is 0.970. The summed E-state index contributed by atoms with van der Waals surface area (Å²) in [5, 5.41) is 11.7. The van der Waals surface area contributed by atoms with Gasteiger partial charge in [-0.1, -0.05) is 0 Å². The van der Waals surface area contributed by atoms with Gasteiger partial charge in [-0.3, -0.25) is 4.79 Å². The van der Waals surface area contributed by atoms with E-state index in [2.05, 4.69) is 14.8 Å². The van der Waals surface area contributed by atoms with Crippen molar-refractivity contribution in [3.05, 3.63) is 29.5 Å². The van der Waals surface area contributed by atoms with Crippen LogP contribution in [0.15, 0.2) is 29.5 Å². The van der Waals surface area contributed by atoms with Gasteiger partial charge in [0.25, 0.3) is 5.91 Å². The molecule has 0 aliphatic carbocycles. The zero-order valence-electron chi connectivity index (χ0n) is 14.1. The molecular weight excluding hydrogens is 354 g/mol. The largest absolute Gasteiger partial charge is 0.497 e. The molecule has 0 atom stereocenters. The van der Waals surface area contributed by atoms with Crippen LogP contribution < -0.4 is 14.8 Å². The number of nitrogens with one attached hydrogen (secondary N) is 1. The molecule has 0 bridgehead atoms.